The first-order chi connectivity index (χ1) is 18.1. The molecule has 0 spiro atoms. The van der Waals surface area contributed by atoms with Crippen LogP contribution >= 0.6 is 0 Å². The van der Waals surface area contributed by atoms with E-state index in [9.17, 15) is 14.4 Å². The number of carbonyl (C=O) groups excluding carboxylic acids is 2. The Morgan fingerprint density at radius 3 is 1.32 bits per heavy atom. The fraction of sp³-hybridized carbons (Fsp3) is 0.300. The Morgan fingerprint density at radius 2 is 1.03 bits per heavy atom. The van der Waals surface area contributed by atoms with Gasteiger partial charge in [-0.15, -0.1) is 0 Å². The van der Waals surface area contributed by atoms with E-state index in [1.807, 2.05) is 24.3 Å². The highest BCUT2D eigenvalue weighted by Crippen LogP contribution is 2.33. The highest BCUT2D eigenvalue weighted by molar-refractivity contribution is 5.81. The van der Waals surface area contributed by atoms with Crippen molar-refractivity contribution in [2.24, 2.45) is 0 Å². The third kappa shape index (κ3) is 12.1. The third-order valence-corrected chi connectivity index (χ3v) is 5.26. The van der Waals surface area contributed by atoms with E-state index in [1.165, 1.54) is 0 Å². The number of rotatable bonds is 15. The molecule has 8 heteroatoms. The van der Waals surface area contributed by atoms with Crippen molar-refractivity contribution in [3.05, 3.63) is 97.6 Å². The summed E-state index contributed by atoms with van der Waals surface area (Å²) in [6.07, 6.45) is 4.35. The van der Waals surface area contributed by atoms with Gasteiger partial charge in [-0.05, 0) is 35.4 Å². The molecule has 0 bridgehead atoms. The number of carbonyl (C=O) groups is 3. The Bertz CT molecular complexity index is 977. The average molecular weight is 525 g/mol. The molecule has 2 aromatic rings. The topological polar surface area (TPSA) is 108 Å². The van der Waals surface area contributed by atoms with Gasteiger partial charge in [0.2, 0.25) is 0 Å². The van der Waals surface area contributed by atoms with Crippen molar-refractivity contribution >= 4 is 17.9 Å². The molecular formula is C30H36O8. The van der Waals surface area contributed by atoms with Crippen LogP contribution in [-0.2, 0) is 29.3 Å². The maximum atomic E-state index is 11.0. The molecule has 0 radical (unpaired) electrons. The summed E-state index contributed by atoms with van der Waals surface area (Å²) in [5.41, 5.74) is 2.12. The van der Waals surface area contributed by atoms with Crippen molar-refractivity contribution < 1.29 is 38.4 Å². The lowest BCUT2D eigenvalue weighted by Crippen LogP contribution is -2.18. The number of aliphatic carboxylic acids is 1. The van der Waals surface area contributed by atoms with Gasteiger partial charge in [0.25, 0.3) is 0 Å². The Balaban J connectivity index is 0.00000132. The molecule has 0 aromatic heterocycles. The summed E-state index contributed by atoms with van der Waals surface area (Å²) in [5, 5.41) is 7.60. The van der Waals surface area contributed by atoms with Crippen molar-refractivity contribution in [3.8, 4) is 11.5 Å². The van der Waals surface area contributed by atoms with Crippen LogP contribution in [0.25, 0.3) is 0 Å². The summed E-state index contributed by atoms with van der Waals surface area (Å²) >= 11 is 0. The minimum absolute atomic E-state index is 0.200. The van der Waals surface area contributed by atoms with E-state index in [-0.39, 0.29) is 5.41 Å². The lowest BCUT2D eigenvalue weighted by Gasteiger charge is -2.26. The maximum absolute atomic E-state index is 11.0. The molecule has 0 amide bonds. The first kappa shape index (κ1) is 31.7. The molecule has 0 atom stereocenters. The molecule has 204 valence electrons. The number of esters is 2. The second-order valence-electron chi connectivity index (χ2n) is 8.36. The molecule has 2 aromatic carbocycles. The number of ether oxygens (including phenoxy) is 4. The predicted octanol–water partition coefficient (Wildman–Crippen LogP) is 5.27. The van der Waals surface area contributed by atoms with E-state index in [1.54, 1.807) is 0 Å². The van der Waals surface area contributed by atoms with Crippen LogP contribution in [0, 0.1) is 0 Å². The van der Waals surface area contributed by atoms with E-state index in [0.717, 1.165) is 40.9 Å². The normalized spacial score (nSPS) is 10.2. The molecule has 0 aliphatic carbocycles. The van der Waals surface area contributed by atoms with Gasteiger partial charge in [-0.2, -0.15) is 0 Å². The smallest absolute Gasteiger partial charge is 0.330 e. The molecule has 38 heavy (non-hydrogen) atoms. The highest BCUT2D eigenvalue weighted by atomic mass is 16.5. The Hall–Kier alpha value is -4.33. The van der Waals surface area contributed by atoms with Gasteiger partial charge in [-0.3, -0.25) is 0 Å². The summed E-state index contributed by atoms with van der Waals surface area (Å²) in [6, 6.07) is 16.0. The molecule has 1 N–H and O–H groups in total. The van der Waals surface area contributed by atoms with Crippen LogP contribution in [0.2, 0.25) is 0 Å². The van der Waals surface area contributed by atoms with Gasteiger partial charge in [0.05, 0.1) is 26.4 Å². The molecule has 0 saturated heterocycles. The minimum Gasteiger partial charge on any atom is -0.493 e. The molecule has 0 unspecified atom stereocenters. The molecule has 0 fully saturated rings. The van der Waals surface area contributed by atoms with Gasteiger partial charge in [-0.1, -0.05) is 57.8 Å². The molecule has 8 nitrogen and oxygen atoms in total. The van der Waals surface area contributed by atoms with E-state index in [0.29, 0.717) is 39.3 Å². The zero-order valence-corrected chi connectivity index (χ0v) is 22.0. The summed E-state index contributed by atoms with van der Waals surface area (Å²) in [7, 11) is 0. The van der Waals surface area contributed by atoms with Crippen LogP contribution in [0.3, 0.4) is 0 Å². The molecule has 2 rings (SSSR count). The van der Waals surface area contributed by atoms with Crippen molar-refractivity contribution in [2.75, 3.05) is 26.4 Å². The molecule has 0 aliphatic rings. The average Bonchev–Trinajstić information content (AvgIpc) is 2.93. The fourth-order valence-electron chi connectivity index (χ4n) is 3.06. The monoisotopic (exact) mass is 524 g/mol. The van der Waals surface area contributed by atoms with E-state index in [2.05, 4.69) is 57.8 Å². The van der Waals surface area contributed by atoms with E-state index in [4.69, 9.17) is 24.1 Å². The summed E-state index contributed by atoms with van der Waals surface area (Å²) < 4.78 is 21.3. The van der Waals surface area contributed by atoms with Crippen molar-refractivity contribution in [1.82, 2.24) is 0 Å². The van der Waals surface area contributed by atoms with Crippen LogP contribution in [0.15, 0.2) is 86.5 Å². The van der Waals surface area contributed by atoms with Crippen LogP contribution in [0.5, 0.6) is 11.5 Å². The molecule has 0 aliphatic heterocycles. The summed E-state index contributed by atoms with van der Waals surface area (Å²) in [4.78, 5) is 31.3. The first-order valence-corrected chi connectivity index (χ1v) is 12.0. The van der Waals surface area contributed by atoms with Gasteiger partial charge in [0.1, 0.15) is 11.5 Å². The summed E-state index contributed by atoms with van der Waals surface area (Å²) in [5.74, 6) is -0.287. The molecule has 0 saturated carbocycles. The van der Waals surface area contributed by atoms with Gasteiger partial charge >= 0.3 is 17.9 Å². The zero-order valence-electron chi connectivity index (χ0n) is 22.0. The Morgan fingerprint density at radius 1 is 0.684 bits per heavy atom. The number of hydrogen-bond acceptors (Lipinski definition) is 7. The SMILES string of the molecule is C=CC(=O)O.C=CC(=O)OCCCOc1ccc(C(C)(C)c2ccc(OCCCOC(=O)C=C)cc2)cc1. The van der Waals surface area contributed by atoms with E-state index < -0.39 is 17.9 Å². The number of carboxylic acids is 1. The second kappa shape index (κ2) is 17.2. The predicted molar refractivity (Wildman–Crippen MR) is 145 cm³/mol. The van der Waals surface area contributed by atoms with Crippen LogP contribution < -0.4 is 9.47 Å². The van der Waals surface area contributed by atoms with Crippen LogP contribution in [0.1, 0.15) is 37.8 Å². The van der Waals surface area contributed by atoms with Crippen LogP contribution in [-0.4, -0.2) is 49.4 Å². The van der Waals surface area contributed by atoms with Gasteiger partial charge in [0.15, 0.2) is 0 Å². The van der Waals surface area contributed by atoms with Crippen molar-refractivity contribution in [2.45, 2.75) is 32.1 Å². The zero-order chi connectivity index (χ0) is 28.4. The largest absolute Gasteiger partial charge is 0.493 e. The Labute approximate surface area is 224 Å². The number of hydrogen-bond donors (Lipinski definition) is 1. The Kier molecular flexibility index (Phi) is 14.3. The fourth-order valence-corrected chi connectivity index (χ4v) is 3.06. The molecular weight excluding hydrogens is 488 g/mol. The quantitative estimate of drug-likeness (QED) is 0.191. The maximum Gasteiger partial charge on any atom is 0.330 e. The van der Waals surface area contributed by atoms with Crippen LogP contribution in [0.4, 0.5) is 0 Å². The number of benzene rings is 2. The second-order valence-corrected chi connectivity index (χ2v) is 8.36. The summed E-state index contributed by atoms with van der Waals surface area (Å²) in [6.45, 7) is 15.5. The standard InChI is InChI=1S/C27H32O6.C3H4O2/c1-5-25(28)32-19-7-17-30-23-13-9-21(10-14-23)27(3,4)22-11-15-24(16-12-22)31-18-8-20-33-26(29)6-2;1-2-3(4)5/h5-6,9-16H,1-2,7-8,17-20H2,3-4H3;2H,1H2,(H,4,5). The number of carboxylic acid groups (broad SMARTS) is 1. The van der Waals surface area contributed by atoms with Crippen molar-refractivity contribution in [1.29, 1.82) is 0 Å². The van der Waals surface area contributed by atoms with E-state index >= 15 is 0 Å². The van der Waals surface area contributed by atoms with Gasteiger partial charge in [0, 0.05) is 36.5 Å². The minimum atomic E-state index is -0.981. The molecule has 0 heterocycles. The first-order valence-electron chi connectivity index (χ1n) is 12.0. The lowest BCUT2D eigenvalue weighted by molar-refractivity contribution is -0.138. The van der Waals surface area contributed by atoms with Gasteiger partial charge < -0.3 is 24.1 Å². The lowest BCUT2D eigenvalue weighted by atomic mass is 9.78. The highest BCUT2D eigenvalue weighted by Gasteiger charge is 2.23. The van der Waals surface area contributed by atoms with Crippen molar-refractivity contribution in [3.63, 3.8) is 0 Å². The van der Waals surface area contributed by atoms with Gasteiger partial charge in [-0.25, -0.2) is 14.4 Å². The third-order valence-electron chi connectivity index (χ3n) is 5.26.